The van der Waals surface area contributed by atoms with E-state index in [1.807, 2.05) is 35.2 Å². The molecule has 3 rings (SSSR count). The van der Waals surface area contributed by atoms with Gasteiger partial charge in [0.15, 0.2) is 0 Å². The first-order chi connectivity index (χ1) is 11.9. The maximum atomic E-state index is 12.2. The standard InChI is InChI=1S/C19H26N4O2/c1-19(2)14-22(18(24)21(3)4)10-11-23(19)13-16-12-20-17(25-16)15-8-6-5-7-9-15/h5-9,12H,10-11,13-14H2,1-4H3. The Morgan fingerprint density at radius 3 is 2.60 bits per heavy atom. The molecule has 0 atom stereocenters. The first-order valence-electron chi connectivity index (χ1n) is 8.58. The number of amides is 2. The van der Waals surface area contributed by atoms with Gasteiger partial charge in [-0.1, -0.05) is 18.2 Å². The molecule has 134 valence electrons. The summed E-state index contributed by atoms with van der Waals surface area (Å²) in [6.07, 6.45) is 1.80. The zero-order valence-electron chi connectivity index (χ0n) is 15.4. The fraction of sp³-hybridized carbons (Fsp3) is 0.474. The Balaban J connectivity index is 1.68. The number of nitrogens with zero attached hydrogens (tertiary/aromatic N) is 4. The highest BCUT2D eigenvalue weighted by atomic mass is 16.4. The molecular weight excluding hydrogens is 316 g/mol. The molecule has 1 aliphatic heterocycles. The molecular formula is C19H26N4O2. The second kappa shape index (κ2) is 6.88. The molecule has 0 saturated carbocycles. The molecule has 0 bridgehead atoms. The van der Waals surface area contributed by atoms with Crippen molar-refractivity contribution in [2.24, 2.45) is 0 Å². The van der Waals surface area contributed by atoms with Gasteiger partial charge in [0.05, 0.1) is 12.7 Å². The lowest BCUT2D eigenvalue weighted by atomic mass is 9.99. The zero-order chi connectivity index (χ0) is 18.0. The van der Waals surface area contributed by atoms with Crippen LogP contribution in [0.2, 0.25) is 0 Å². The van der Waals surface area contributed by atoms with Gasteiger partial charge in [-0.05, 0) is 26.0 Å². The van der Waals surface area contributed by atoms with E-state index >= 15 is 0 Å². The summed E-state index contributed by atoms with van der Waals surface area (Å²) in [6, 6.07) is 9.98. The van der Waals surface area contributed by atoms with Gasteiger partial charge in [-0.3, -0.25) is 4.90 Å². The van der Waals surface area contributed by atoms with E-state index < -0.39 is 0 Å². The van der Waals surface area contributed by atoms with Crippen LogP contribution in [-0.4, -0.2) is 65.0 Å². The van der Waals surface area contributed by atoms with Crippen LogP contribution in [0.5, 0.6) is 0 Å². The van der Waals surface area contributed by atoms with Gasteiger partial charge in [0.2, 0.25) is 5.89 Å². The highest BCUT2D eigenvalue weighted by molar-refractivity contribution is 5.74. The summed E-state index contributed by atoms with van der Waals surface area (Å²) in [5, 5.41) is 0. The molecule has 1 aromatic carbocycles. The first kappa shape index (κ1) is 17.5. The lowest BCUT2D eigenvalue weighted by Crippen LogP contribution is -2.61. The Morgan fingerprint density at radius 2 is 1.96 bits per heavy atom. The molecule has 25 heavy (non-hydrogen) atoms. The van der Waals surface area contributed by atoms with Crippen molar-refractivity contribution in [2.75, 3.05) is 33.7 Å². The average molecular weight is 342 g/mol. The molecule has 0 aliphatic carbocycles. The van der Waals surface area contributed by atoms with Crippen LogP contribution < -0.4 is 0 Å². The Morgan fingerprint density at radius 1 is 1.24 bits per heavy atom. The van der Waals surface area contributed by atoms with E-state index in [0.29, 0.717) is 19.0 Å². The normalized spacial score (nSPS) is 17.5. The predicted molar refractivity (Wildman–Crippen MR) is 97.1 cm³/mol. The van der Waals surface area contributed by atoms with Crippen molar-refractivity contribution in [3.8, 4) is 11.5 Å². The number of hydrogen-bond acceptors (Lipinski definition) is 4. The van der Waals surface area contributed by atoms with Crippen LogP contribution in [0.15, 0.2) is 40.9 Å². The first-order valence-corrected chi connectivity index (χ1v) is 8.58. The second-order valence-corrected chi connectivity index (χ2v) is 7.33. The number of rotatable bonds is 3. The summed E-state index contributed by atoms with van der Waals surface area (Å²) in [7, 11) is 3.59. The molecule has 1 saturated heterocycles. The summed E-state index contributed by atoms with van der Waals surface area (Å²) in [5.74, 6) is 1.49. The molecule has 1 aliphatic rings. The number of carbonyl (C=O) groups excluding carboxylic acids is 1. The fourth-order valence-electron chi connectivity index (χ4n) is 3.21. The van der Waals surface area contributed by atoms with Crippen LogP contribution in [0.4, 0.5) is 4.79 Å². The van der Waals surface area contributed by atoms with E-state index in [-0.39, 0.29) is 11.6 Å². The lowest BCUT2D eigenvalue weighted by molar-refractivity contribution is 0.0204. The van der Waals surface area contributed by atoms with Gasteiger partial charge < -0.3 is 14.2 Å². The molecule has 0 radical (unpaired) electrons. The van der Waals surface area contributed by atoms with Crippen molar-refractivity contribution in [1.29, 1.82) is 0 Å². The number of hydrogen-bond donors (Lipinski definition) is 0. The minimum atomic E-state index is -0.121. The molecule has 6 heteroatoms. The third-order valence-electron chi connectivity index (χ3n) is 4.65. The van der Waals surface area contributed by atoms with Crippen molar-refractivity contribution in [2.45, 2.75) is 25.9 Å². The van der Waals surface area contributed by atoms with Crippen molar-refractivity contribution in [3.63, 3.8) is 0 Å². The van der Waals surface area contributed by atoms with Crippen LogP contribution in [0.3, 0.4) is 0 Å². The van der Waals surface area contributed by atoms with Gasteiger partial charge in [0.1, 0.15) is 5.76 Å². The molecule has 1 aromatic heterocycles. The van der Waals surface area contributed by atoms with Crippen LogP contribution in [0, 0.1) is 0 Å². The summed E-state index contributed by atoms with van der Waals surface area (Å²) >= 11 is 0. The predicted octanol–water partition coefficient (Wildman–Crippen LogP) is 2.92. The highest BCUT2D eigenvalue weighted by Crippen LogP contribution is 2.25. The van der Waals surface area contributed by atoms with Crippen LogP contribution in [0.25, 0.3) is 11.5 Å². The number of benzene rings is 1. The van der Waals surface area contributed by atoms with E-state index in [0.717, 1.165) is 24.4 Å². The smallest absolute Gasteiger partial charge is 0.319 e. The number of urea groups is 1. The average Bonchev–Trinajstić information content (AvgIpc) is 3.05. The van der Waals surface area contributed by atoms with Gasteiger partial charge in [-0.15, -0.1) is 0 Å². The molecule has 0 unspecified atom stereocenters. The molecule has 6 nitrogen and oxygen atoms in total. The van der Waals surface area contributed by atoms with Gasteiger partial charge in [-0.2, -0.15) is 0 Å². The lowest BCUT2D eigenvalue weighted by Gasteiger charge is -2.47. The Bertz CT molecular complexity index is 724. The van der Waals surface area contributed by atoms with E-state index in [1.165, 1.54) is 0 Å². The van der Waals surface area contributed by atoms with Crippen molar-refractivity contribution in [3.05, 3.63) is 42.3 Å². The maximum absolute atomic E-state index is 12.2. The van der Waals surface area contributed by atoms with Crippen molar-refractivity contribution < 1.29 is 9.21 Å². The topological polar surface area (TPSA) is 52.8 Å². The monoisotopic (exact) mass is 342 g/mol. The molecule has 2 aromatic rings. The zero-order valence-corrected chi connectivity index (χ0v) is 15.4. The van der Waals surface area contributed by atoms with Gasteiger partial charge >= 0.3 is 6.03 Å². The number of aromatic nitrogens is 1. The number of oxazole rings is 1. The van der Waals surface area contributed by atoms with Crippen LogP contribution >= 0.6 is 0 Å². The SMILES string of the molecule is CN(C)C(=O)N1CCN(Cc2cnc(-c3ccccc3)o2)C(C)(C)C1. The Kier molecular flexibility index (Phi) is 4.81. The molecule has 0 spiro atoms. The molecule has 2 heterocycles. The number of carbonyl (C=O) groups is 1. The van der Waals surface area contributed by atoms with Crippen molar-refractivity contribution >= 4 is 6.03 Å². The van der Waals surface area contributed by atoms with Gasteiger partial charge in [0.25, 0.3) is 0 Å². The van der Waals surface area contributed by atoms with E-state index in [2.05, 4.69) is 23.7 Å². The van der Waals surface area contributed by atoms with E-state index in [4.69, 9.17) is 4.42 Å². The summed E-state index contributed by atoms with van der Waals surface area (Å²) in [5.41, 5.74) is 0.860. The summed E-state index contributed by atoms with van der Waals surface area (Å²) in [6.45, 7) is 7.25. The van der Waals surface area contributed by atoms with Crippen LogP contribution in [-0.2, 0) is 6.54 Å². The largest absolute Gasteiger partial charge is 0.440 e. The molecule has 2 amide bonds. The maximum Gasteiger partial charge on any atom is 0.319 e. The van der Waals surface area contributed by atoms with Gasteiger partial charge in [0, 0.05) is 44.8 Å². The third-order valence-corrected chi connectivity index (χ3v) is 4.65. The second-order valence-electron chi connectivity index (χ2n) is 7.33. The highest BCUT2D eigenvalue weighted by Gasteiger charge is 2.36. The minimum Gasteiger partial charge on any atom is -0.440 e. The van der Waals surface area contributed by atoms with Crippen molar-refractivity contribution in [1.82, 2.24) is 19.7 Å². The Hall–Kier alpha value is -2.34. The van der Waals surface area contributed by atoms with Gasteiger partial charge in [-0.25, -0.2) is 9.78 Å². The fourth-order valence-corrected chi connectivity index (χ4v) is 3.21. The number of piperazine rings is 1. The quantitative estimate of drug-likeness (QED) is 0.861. The van der Waals surface area contributed by atoms with E-state index in [9.17, 15) is 4.79 Å². The van der Waals surface area contributed by atoms with Crippen LogP contribution in [0.1, 0.15) is 19.6 Å². The molecule has 0 N–H and O–H groups in total. The van der Waals surface area contributed by atoms with E-state index in [1.54, 1.807) is 25.2 Å². The Labute approximate surface area is 149 Å². The third kappa shape index (κ3) is 3.85. The molecule has 1 fully saturated rings. The minimum absolute atomic E-state index is 0.0683. The summed E-state index contributed by atoms with van der Waals surface area (Å²) in [4.78, 5) is 22.5. The summed E-state index contributed by atoms with van der Waals surface area (Å²) < 4.78 is 5.94.